The molecule has 2 aliphatic rings. The van der Waals surface area contributed by atoms with Gasteiger partial charge in [0.05, 0.1) is 12.1 Å². The van der Waals surface area contributed by atoms with Crippen molar-refractivity contribution >= 4 is 11.8 Å². The maximum Gasteiger partial charge on any atom is 0.278 e. The normalized spacial score (nSPS) is 18.1. The molecule has 2 bridgehead atoms. The number of hydrogen-bond donors (Lipinski definition) is 1. The van der Waals surface area contributed by atoms with Crippen LogP contribution in [0, 0.1) is 17.5 Å². The van der Waals surface area contributed by atoms with Crippen LogP contribution >= 0.6 is 0 Å². The van der Waals surface area contributed by atoms with E-state index in [-0.39, 0.29) is 19.0 Å². The first kappa shape index (κ1) is 27.0. The molecule has 2 unspecified atom stereocenters. The van der Waals surface area contributed by atoms with Gasteiger partial charge < -0.3 is 15.0 Å². The highest BCUT2D eigenvalue weighted by molar-refractivity contribution is 5.99. The monoisotopic (exact) mass is 556 g/mol. The number of rotatable bonds is 6. The molecule has 12 heteroatoms. The molecular formula is C28H24F4N4O4. The molecule has 2 aromatic carbocycles. The van der Waals surface area contributed by atoms with Crippen LogP contribution in [0.3, 0.4) is 0 Å². The van der Waals surface area contributed by atoms with Crippen LogP contribution in [-0.2, 0) is 13.2 Å². The lowest BCUT2D eigenvalue weighted by atomic mass is 10.1. The second-order valence-electron chi connectivity index (χ2n) is 9.52. The number of pyridine rings is 1. The number of halogens is 4. The summed E-state index contributed by atoms with van der Waals surface area (Å²) in [7, 11) is 0. The summed E-state index contributed by atoms with van der Waals surface area (Å²) in [6, 6.07) is 8.23. The van der Waals surface area contributed by atoms with E-state index in [1.54, 1.807) is 42.3 Å². The standard InChI is InChI=1S/C28H24F4N4O4/c1-15-8-21(30)16(2)34-14-36(15)35-12-20(27(38)33-11-19-22(31)9-18(29)10-23(19)32)25(37)26(24(35)28(34)39)40-13-17-6-4-3-5-7-17/h3-10,12,15-16H,11,13-14H2,1-2H3,(H,33,38). The number of nitrogens with one attached hydrogen (secondary N) is 1. The van der Waals surface area contributed by atoms with Gasteiger partial charge >= 0.3 is 0 Å². The van der Waals surface area contributed by atoms with Crippen LogP contribution in [0.5, 0.6) is 5.75 Å². The first-order chi connectivity index (χ1) is 19.1. The van der Waals surface area contributed by atoms with Gasteiger partial charge in [-0.2, -0.15) is 0 Å². The van der Waals surface area contributed by atoms with Crippen molar-refractivity contribution in [3.8, 4) is 5.75 Å². The van der Waals surface area contributed by atoms with E-state index in [1.807, 2.05) is 0 Å². The second-order valence-corrected chi connectivity index (χ2v) is 9.52. The molecule has 2 amide bonds. The van der Waals surface area contributed by atoms with E-state index in [0.717, 1.165) is 6.20 Å². The van der Waals surface area contributed by atoms with E-state index in [1.165, 1.54) is 22.6 Å². The average molecular weight is 557 g/mol. The van der Waals surface area contributed by atoms with Gasteiger partial charge in [0.1, 0.15) is 42.1 Å². The van der Waals surface area contributed by atoms with Crippen molar-refractivity contribution in [3.05, 3.63) is 111 Å². The Balaban J connectivity index is 1.58. The molecule has 0 aliphatic carbocycles. The van der Waals surface area contributed by atoms with Gasteiger partial charge in [0.25, 0.3) is 11.8 Å². The number of carbonyl (C=O) groups excluding carboxylic acids is 2. The van der Waals surface area contributed by atoms with Crippen molar-refractivity contribution in [2.24, 2.45) is 0 Å². The zero-order valence-corrected chi connectivity index (χ0v) is 21.5. The molecule has 208 valence electrons. The molecular weight excluding hydrogens is 532 g/mol. The van der Waals surface area contributed by atoms with Gasteiger partial charge in [-0.15, -0.1) is 0 Å². The van der Waals surface area contributed by atoms with E-state index in [2.05, 4.69) is 5.32 Å². The van der Waals surface area contributed by atoms with Gasteiger partial charge in [0.2, 0.25) is 5.43 Å². The largest absolute Gasteiger partial charge is 0.482 e. The maximum atomic E-state index is 14.8. The number of benzene rings is 2. The van der Waals surface area contributed by atoms with Crippen molar-refractivity contribution in [3.63, 3.8) is 0 Å². The molecule has 0 spiro atoms. The Morgan fingerprint density at radius 3 is 2.40 bits per heavy atom. The predicted octanol–water partition coefficient (Wildman–Crippen LogP) is 3.77. The highest BCUT2D eigenvalue weighted by Gasteiger charge is 2.41. The van der Waals surface area contributed by atoms with Gasteiger partial charge in [0, 0.05) is 30.4 Å². The lowest BCUT2D eigenvalue weighted by Gasteiger charge is -2.42. The summed E-state index contributed by atoms with van der Waals surface area (Å²) in [4.78, 5) is 41.6. The lowest BCUT2D eigenvalue weighted by molar-refractivity contribution is 0.0627. The highest BCUT2D eigenvalue weighted by atomic mass is 19.1. The fraction of sp³-hybridized carbons (Fsp3) is 0.250. The summed E-state index contributed by atoms with van der Waals surface area (Å²) < 4.78 is 63.5. The number of nitrogens with zero attached hydrogens (tertiary/aromatic N) is 3. The summed E-state index contributed by atoms with van der Waals surface area (Å²) in [6.45, 7) is 2.35. The van der Waals surface area contributed by atoms with Gasteiger partial charge in [-0.25, -0.2) is 17.6 Å². The molecule has 3 heterocycles. The Morgan fingerprint density at radius 1 is 1.05 bits per heavy atom. The molecule has 8 nitrogen and oxygen atoms in total. The van der Waals surface area contributed by atoms with Crippen molar-refractivity contribution in [1.29, 1.82) is 0 Å². The summed E-state index contributed by atoms with van der Waals surface area (Å²) in [5.41, 5.74) is -1.54. The van der Waals surface area contributed by atoms with Crippen molar-refractivity contribution in [2.45, 2.75) is 39.1 Å². The van der Waals surface area contributed by atoms with Crippen LogP contribution in [0.15, 0.2) is 65.4 Å². The predicted molar refractivity (Wildman–Crippen MR) is 136 cm³/mol. The number of fused-ring (bicyclic) bond motifs is 4. The van der Waals surface area contributed by atoms with Crippen molar-refractivity contribution < 1.29 is 31.9 Å². The molecule has 0 fully saturated rings. The quantitative estimate of drug-likeness (QED) is 0.468. The van der Waals surface area contributed by atoms with Crippen LogP contribution in [0.25, 0.3) is 0 Å². The van der Waals surface area contributed by atoms with Gasteiger partial charge in [-0.05, 0) is 25.5 Å². The minimum Gasteiger partial charge on any atom is -0.482 e. The molecule has 0 radical (unpaired) electrons. The van der Waals surface area contributed by atoms with Crippen LogP contribution in [0.4, 0.5) is 17.6 Å². The van der Waals surface area contributed by atoms with E-state index >= 15 is 0 Å². The Labute approximate surface area is 226 Å². The Hall–Kier alpha value is -4.61. The minimum absolute atomic E-state index is 0.0495. The van der Waals surface area contributed by atoms with Crippen LogP contribution in [0.2, 0.25) is 0 Å². The summed E-state index contributed by atoms with van der Waals surface area (Å²) >= 11 is 0. The first-order valence-corrected chi connectivity index (χ1v) is 12.4. The van der Waals surface area contributed by atoms with Gasteiger partial charge in [-0.1, -0.05) is 30.3 Å². The van der Waals surface area contributed by atoms with Crippen molar-refractivity contribution in [2.75, 3.05) is 11.7 Å². The highest BCUT2D eigenvalue weighted by Crippen LogP contribution is 2.30. The molecule has 5 rings (SSSR count). The number of aromatic nitrogens is 1. The lowest BCUT2D eigenvalue weighted by Crippen LogP contribution is -2.58. The Kier molecular flexibility index (Phi) is 7.09. The number of carbonyl (C=O) groups is 2. The third kappa shape index (κ3) is 4.80. The van der Waals surface area contributed by atoms with Crippen LogP contribution in [-0.4, -0.2) is 40.1 Å². The number of ether oxygens (including phenoxy) is 1. The molecule has 1 N–H and O–H groups in total. The van der Waals surface area contributed by atoms with Crippen molar-refractivity contribution in [1.82, 2.24) is 14.9 Å². The fourth-order valence-electron chi connectivity index (χ4n) is 4.66. The fourth-order valence-corrected chi connectivity index (χ4v) is 4.66. The first-order valence-electron chi connectivity index (χ1n) is 12.4. The third-order valence-electron chi connectivity index (χ3n) is 6.92. The second kappa shape index (κ2) is 10.5. The third-order valence-corrected chi connectivity index (χ3v) is 6.92. The molecule has 3 aromatic rings. The Bertz CT molecular complexity index is 1570. The summed E-state index contributed by atoms with van der Waals surface area (Å²) in [6.07, 6.45) is 2.45. The van der Waals surface area contributed by atoms with Gasteiger partial charge in [0.15, 0.2) is 11.4 Å². The SMILES string of the molecule is CC1C(F)=CC(C)N2CN1C(=O)c1c(OCc3ccccc3)c(=O)c(C(=O)NCc3c(F)cc(F)cc3F)cn12. The zero-order chi connectivity index (χ0) is 28.7. The topological polar surface area (TPSA) is 83.9 Å². The summed E-state index contributed by atoms with van der Waals surface area (Å²) in [5, 5.41) is 3.85. The van der Waals surface area contributed by atoms with Crippen LogP contribution in [0.1, 0.15) is 45.8 Å². The molecule has 2 aliphatic heterocycles. The van der Waals surface area contributed by atoms with E-state index in [9.17, 15) is 31.9 Å². The van der Waals surface area contributed by atoms with E-state index < -0.39 is 76.0 Å². The maximum absolute atomic E-state index is 14.8. The van der Waals surface area contributed by atoms with E-state index in [0.29, 0.717) is 17.7 Å². The Morgan fingerprint density at radius 2 is 1.73 bits per heavy atom. The van der Waals surface area contributed by atoms with Gasteiger partial charge in [-0.3, -0.25) is 24.1 Å². The molecule has 40 heavy (non-hydrogen) atoms. The van der Waals surface area contributed by atoms with Crippen LogP contribution < -0.4 is 20.5 Å². The molecule has 1 aromatic heterocycles. The zero-order valence-electron chi connectivity index (χ0n) is 21.5. The number of hydrogen-bond acceptors (Lipinski definition) is 5. The molecule has 2 atom stereocenters. The average Bonchev–Trinajstić information content (AvgIpc) is 3.01. The summed E-state index contributed by atoms with van der Waals surface area (Å²) in [5.74, 6) is -6.20. The van der Waals surface area contributed by atoms with E-state index in [4.69, 9.17) is 4.74 Å². The minimum atomic E-state index is -1.21. The number of amides is 2. The molecule has 0 saturated heterocycles. The smallest absolute Gasteiger partial charge is 0.278 e. The molecule has 0 saturated carbocycles.